The van der Waals surface area contributed by atoms with Gasteiger partial charge in [0.25, 0.3) is 0 Å². The molecule has 2 N–H and O–H groups in total. The highest BCUT2D eigenvalue weighted by Gasteiger charge is 2.30. The quantitative estimate of drug-likeness (QED) is 0.450. The molecular formula is C20H24F3N3OS. The fraction of sp³-hybridized carbons (Fsp3) is 0.400. The molecule has 2 rings (SSSR count). The number of aromatic nitrogens is 1. The Bertz CT molecular complexity index is 853. The number of thiocarbonyl (C=S) groups is 1. The van der Waals surface area contributed by atoms with Crippen LogP contribution in [-0.4, -0.2) is 16.7 Å². The highest BCUT2D eigenvalue weighted by atomic mass is 32.1. The molecule has 0 aliphatic carbocycles. The van der Waals surface area contributed by atoms with Gasteiger partial charge in [0.1, 0.15) is 11.6 Å². The number of anilines is 2. The second kappa shape index (κ2) is 9.23. The first-order valence-corrected chi connectivity index (χ1v) is 9.40. The highest BCUT2D eigenvalue weighted by molar-refractivity contribution is 7.80. The maximum absolute atomic E-state index is 12.8. The van der Waals surface area contributed by atoms with E-state index in [1.54, 1.807) is 0 Å². The molecule has 0 spiro atoms. The van der Waals surface area contributed by atoms with Crippen molar-refractivity contribution < 1.29 is 17.9 Å². The Labute approximate surface area is 168 Å². The van der Waals surface area contributed by atoms with Crippen LogP contribution in [0.15, 0.2) is 24.3 Å². The van der Waals surface area contributed by atoms with E-state index in [0.29, 0.717) is 12.4 Å². The third kappa shape index (κ3) is 5.58. The van der Waals surface area contributed by atoms with Crippen LogP contribution in [0.1, 0.15) is 42.1 Å². The van der Waals surface area contributed by atoms with E-state index in [0.717, 1.165) is 47.5 Å². The van der Waals surface area contributed by atoms with Crippen LogP contribution in [0.5, 0.6) is 5.75 Å². The molecule has 152 valence electrons. The standard InChI is InChI=1S/C20H24F3N3OS/c1-5-6-10-27-17-12(2)13(3)18(24-14(17)4)26-19(28)25-16-9-7-8-15(11-16)20(21,22)23/h7-9,11H,5-6,10H2,1-4H3,(H2,24,25,26,28). The van der Waals surface area contributed by atoms with Crippen LogP contribution in [-0.2, 0) is 6.18 Å². The summed E-state index contributed by atoms with van der Waals surface area (Å²) in [6, 6.07) is 4.87. The molecule has 0 fully saturated rings. The molecule has 0 aliphatic heterocycles. The summed E-state index contributed by atoms with van der Waals surface area (Å²) < 4.78 is 44.4. The van der Waals surface area contributed by atoms with Crippen molar-refractivity contribution in [1.82, 2.24) is 4.98 Å². The lowest BCUT2D eigenvalue weighted by Gasteiger charge is -2.18. The molecule has 0 aliphatic rings. The molecule has 4 nitrogen and oxygen atoms in total. The molecule has 1 aromatic heterocycles. The summed E-state index contributed by atoms with van der Waals surface area (Å²) in [5.74, 6) is 1.30. The zero-order valence-corrected chi connectivity index (χ0v) is 17.1. The predicted molar refractivity (Wildman–Crippen MR) is 110 cm³/mol. The molecule has 1 heterocycles. The maximum atomic E-state index is 12.8. The van der Waals surface area contributed by atoms with Crippen molar-refractivity contribution in [2.75, 3.05) is 17.2 Å². The van der Waals surface area contributed by atoms with Gasteiger partial charge in [0, 0.05) is 5.69 Å². The number of unbranched alkanes of at least 4 members (excludes halogenated alkanes) is 1. The van der Waals surface area contributed by atoms with Crippen LogP contribution in [0.4, 0.5) is 24.7 Å². The fourth-order valence-electron chi connectivity index (χ4n) is 2.62. The summed E-state index contributed by atoms with van der Waals surface area (Å²) >= 11 is 5.24. The Morgan fingerprint density at radius 2 is 1.86 bits per heavy atom. The number of halogens is 3. The Kier molecular flexibility index (Phi) is 7.23. The summed E-state index contributed by atoms with van der Waals surface area (Å²) in [5, 5.41) is 5.90. The van der Waals surface area contributed by atoms with Crippen molar-refractivity contribution in [1.29, 1.82) is 0 Å². The maximum Gasteiger partial charge on any atom is 0.416 e. The largest absolute Gasteiger partial charge is 0.491 e. The van der Waals surface area contributed by atoms with Crippen molar-refractivity contribution in [2.45, 2.75) is 46.7 Å². The summed E-state index contributed by atoms with van der Waals surface area (Å²) in [6.45, 7) is 8.41. The smallest absolute Gasteiger partial charge is 0.416 e. The molecule has 0 radical (unpaired) electrons. The van der Waals surface area contributed by atoms with E-state index in [1.807, 2.05) is 20.8 Å². The van der Waals surface area contributed by atoms with Crippen molar-refractivity contribution in [3.05, 3.63) is 46.6 Å². The first-order chi connectivity index (χ1) is 13.1. The van der Waals surface area contributed by atoms with Gasteiger partial charge in [0.05, 0.1) is 17.9 Å². The average Bonchev–Trinajstić information content (AvgIpc) is 2.62. The first kappa shape index (κ1) is 21.9. The van der Waals surface area contributed by atoms with Gasteiger partial charge in [-0.1, -0.05) is 19.4 Å². The van der Waals surface area contributed by atoms with Crippen molar-refractivity contribution >= 4 is 28.8 Å². The van der Waals surface area contributed by atoms with Crippen molar-refractivity contribution in [3.8, 4) is 5.75 Å². The van der Waals surface area contributed by atoms with E-state index in [2.05, 4.69) is 22.5 Å². The summed E-state index contributed by atoms with van der Waals surface area (Å²) in [6.07, 6.45) is -2.41. The molecule has 28 heavy (non-hydrogen) atoms. The lowest BCUT2D eigenvalue weighted by molar-refractivity contribution is -0.137. The van der Waals surface area contributed by atoms with E-state index in [1.165, 1.54) is 12.1 Å². The third-order valence-corrected chi connectivity index (χ3v) is 4.49. The Hall–Kier alpha value is -2.35. The van der Waals surface area contributed by atoms with Crippen LogP contribution in [0.3, 0.4) is 0 Å². The Morgan fingerprint density at radius 1 is 1.14 bits per heavy atom. The number of nitrogens with one attached hydrogen (secondary N) is 2. The van der Waals surface area contributed by atoms with Crippen LogP contribution in [0, 0.1) is 20.8 Å². The van der Waals surface area contributed by atoms with Crippen LogP contribution >= 0.6 is 12.2 Å². The van der Waals surface area contributed by atoms with E-state index in [4.69, 9.17) is 17.0 Å². The zero-order valence-electron chi connectivity index (χ0n) is 16.3. The van der Waals surface area contributed by atoms with E-state index in [-0.39, 0.29) is 10.8 Å². The zero-order chi connectivity index (χ0) is 20.9. The molecule has 2 aromatic rings. The number of rotatable bonds is 6. The van der Waals surface area contributed by atoms with Gasteiger partial charge < -0.3 is 15.4 Å². The summed E-state index contributed by atoms with van der Waals surface area (Å²) in [7, 11) is 0. The van der Waals surface area contributed by atoms with Crippen molar-refractivity contribution in [3.63, 3.8) is 0 Å². The van der Waals surface area contributed by atoms with Crippen LogP contribution < -0.4 is 15.4 Å². The monoisotopic (exact) mass is 411 g/mol. The van der Waals surface area contributed by atoms with Gasteiger partial charge in [-0.3, -0.25) is 0 Å². The van der Waals surface area contributed by atoms with Gasteiger partial charge in [0.15, 0.2) is 5.11 Å². The molecule has 0 unspecified atom stereocenters. The molecular weight excluding hydrogens is 387 g/mol. The minimum atomic E-state index is -4.41. The summed E-state index contributed by atoms with van der Waals surface area (Å²) in [5.41, 5.74) is 2.05. The SMILES string of the molecule is CCCCOc1c(C)nc(NC(=S)Nc2cccc(C(F)(F)F)c2)c(C)c1C. The normalized spacial score (nSPS) is 11.2. The number of ether oxygens (including phenoxy) is 1. The Balaban J connectivity index is 2.14. The number of aryl methyl sites for hydroxylation is 1. The lowest BCUT2D eigenvalue weighted by Crippen LogP contribution is -2.21. The van der Waals surface area contributed by atoms with E-state index < -0.39 is 11.7 Å². The molecule has 0 bridgehead atoms. The van der Waals surface area contributed by atoms with Gasteiger partial charge >= 0.3 is 6.18 Å². The third-order valence-electron chi connectivity index (χ3n) is 4.29. The lowest BCUT2D eigenvalue weighted by atomic mass is 10.1. The molecule has 1 aromatic carbocycles. The predicted octanol–water partition coefficient (Wildman–Crippen LogP) is 6.01. The number of benzene rings is 1. The minimum Gasteiger partial charge on any atom is -0.491 e. The van der Waals surface area contributed by atoms with Crippen LogP contribution in [0.2, 0.25) is 0 Å². The Morgan fingerprint density at radius 3 is 2.50 bits per heavy atom. The van der Waals surface area contributed by atoms with Gasteiger partial charge in [0.2, 0.25) is 0 Å². The highest BCUT2D eigenvalue weighted by Crippen LogP contribution is 2.31. The average molecular weight is 411 g/mol. The molecule has 0 saturated heterocycles. The van der Waals surface area contributed by atoms with E-state index >= 15 is 0 Å². The van der Waals surface area contributed by atoms with Gasteiger partial charge in [-0.15, -0.1) is 0 Å². The molecule has 0 amide bonds. The fourth-order valence-corrected chi connectivity index (χ4v) is 2.83. The van der Waals surface area contributed by atoms with Gasteiger partial charge in [-0.05, 0) is 68.7 Å². The minimum absolute atomic E-state index is 0.161. The molecule has 0 saturated carbocycles. The molecule has 8 heteroatoms. The summed E-state index contributed by atoms with van der Waals surface area (Å²) in [4.78, 5) is 4.51. The first-order valence-electron chi connectivity index (χ1n) is 8.99. The van der Waals surface area contributed by atoms with E-state index in [9.17, 15) is 13.2 Å². The second-order valence-electron chi connectivity index (χ2n) is 6.48. The van der Waals surface area contributed by atoms with Gasteiger partial charge in [-0.2, -0.15) is 13.2 Å². The number of hydrogen-bond donors (Lipinski definition) is 2. The molecule has 0 atom stereocenters. The second-order valence-corrected chi connectivity index (χ2v) is 6.89. The van der Waals surface area contributed by atoms with Crippen molar-refractivity contribution in [2.24, 2.45) is 0 Å². The number of pyridine rings is 1. The topological polar surface area (TPSA) is 46.2 Å². The van der Waals surface area contributed by atoms with Crippen LogP contribution in [0.25, 0.3) is 0 Å². The number of nitrogens with zero attached hydrogens (tertiary/aromatic N) is 1. The number of alkyl halides is 3. The number of hydrogen-bond acceptors (Lipinski definition) is 3. The van der Waals surface area contributed by atoms with Gasteiger partial charge in [-0.25, -0.2) is 4.98 Å².